The van der Waals surface area contributed by atoms with Crippen LogP contribution in [0.2, 0.25) is 0 Å². The first-order chi connectivity index (χ1) is 9.02. The van der Waals surface area contributed by atoms with Crippen LogP contribution in [-0.2, 0) is 28.6 Å². The third kappa shape index (κ3) is 5.82. The average molecular weight is 273 g/mol. The molecule has 1 heterocycles. The molecular weight excluding hydrogens is 254 g/mol. The summed E-state index contributed by atoms with van der Waals surface area (Å²) in [4.78, 5) is 26.3. The first kappa shape index (κ1) is 15.6. The van der Waals surface area contributed by atoms with Gasteiger partial charge >= 0.3 is 11.9 Å². The second-order valence-electron chi connectivity index (χ2n) is 4.13. The van der Waals surface area contributed by atoms with Crippen LogP contribution in [0.3, 0.4) is 0 Å². The molecule has 3 atom stereocenters. The molecule has 0 saturated carbocycles. The third-order valence-electron chi connectivity index (χ3n) is 2.50. The lowest BCUT2D eigenvalue weighted by Gasteiger charge is -2.31. The second-order valence-corrected chi connectivity index (χ2v) is 4.13. The van der Waals surface area contributed by atoms with E-state index >= 15 is 0 Å². The molecule has 1 aliphatic heterocycles. The van der Waals surface area contributed by atoms with Crippen LogP contribution in [0.25, 0.3) is 0 Å². The highest BCUT2D eigenvalue weighted by atomic mass is 16.6. The smallest absolute Gasteiger partial charge is 0.303 e. The Kier molecular flexibility index (Phi) is 6.48. The normalized spacial score (nSPS) is 25.9. The fourth-order valence-electron chi connectivity index (χ4n) is 1.69. The monoisotopic (exact) mass is 273 g/mol. The number of carbonyl (C=O) groups excluding carboxylic acids is 2. The molecule has 0 amide bonds. The topological polar surface area (TPSA) is 97.1 Å². The molecule has 2 N–H and O–H groups in total. The van der Waals surface area contributed by atoms with Crippen LogP contribution in [0.4, 0.5) is 0 Å². The lowest BCUT2D eigenvalue weighted by Crippen LogP contribution is -2.41. The van der Waals surface area contributed by atoms with Gasteiger partial charge in [0.05, 0.1) is 12.7 Å². The maximum Gasteiger partial charge on any atom is 0.303 e. The Morgan fingerprint density at radius 1 is 1.26 bits per heavy atom. The highest BCUT2D eigenvalue weighted by Crippen LogP contribution is 2.18. The Morgan fingerprint density at radius 3 is 2.58 bits per heavy atom. The van der Waals surface area contributed by atoms with E-state index in [-0.39, 0.29) is 12.7 Å². The number of rotatable bonds is 6. The molecule has 1 aliphatic rings. The predicted molar refractivity (Wildman–Crippen MR) is 64.7 cm³/mol. The minimum Gasteiger partial charge on any atom is -0.463 e. The summed E-state index contributed by atoms with van der Waals surface area (Å²) in [7, 11) is 0. The van der Waals surface area contributed by atoms with E-state index in [1.807, 2.05) is 0 Å². The zero-order valence-electron chi connectivity index (χ0n) is 11.0. The van der Waals surface area contributed by atoms with Gasteiger partial charge in [-0.1, -0.05) is 6.08 Å². The molecule has 0 aromatic heterocycles. The molecule has 0 bridgehead atoms. The highest BCUT2D eigenvalue weighted by molar-refractivity contribution is 5.66. The zero-order valence-corrected chi connectivity index (χ0v) is 11.0. The van der Waals surface area contributed by atoms with Crippen molar-refractivity contribution in [3.8, 4) is 0 Å². The fraction of sp³-hybridized carbons (Fsp3) is 0.667. The van der Waals surface area contributed by atoms with Crippen LogP contribution in [-0.4, -0.2) is 43.5 Å². The van der Waals surface area contributed by atoms with Gasteiger partial charge in [-0.3, -0.25) is 9.59 Å². The quantitative estimate of drug-likeness (QED) is 0.416. The van der Waals surface area contributed by atoms with Gasteiger partial charge in [-0.2, -0.15) is 0 Å². The summed E-state index contributed by atoms with van der Waals surface area (Å²) in [5.41, 5.74) is 0. The van der Waals surface area contributed by atoms with Crippen LogP contribution in [0, 0.1) is 0 Å². The third-order valence-corrected chi connectivity index (χ3v) is 2.50. The van der Waals surface area contributed by atoms with Gasteiger partial charge in [0.15, 0.2) is 0 Å². The lowest BCUT2D eigenvalue weighted by atomic mass is 10.1. The molecule has 7 heteroatoms. The van der Waals surface area contributed by atoms with Crippen LogP contribution in [0.5, 0.6) is 0 Å². The summed E-state index contributed by atoms with van der Waals surface area (Å²) in [5.74, 6) is 4.12. The first-order valence-electron chi connectivity index (χ1n) is 5.99. The van der Waals surface area contributed by atoms with Crippen LogP contribution in [0.15, 0.2) is 12.2 Å². The van der Waals surface area contributed by atoms with Gasteiger partial charge in [0, 0.05) is 20.3 Å². The Morgan fingerprint density at radius 2 is 2.00 bits per heavy atom. The summed E-state index contributed by atoms with van der Waals surface area (Å²) in [6, 6.07) is 0. The molecule has 108 valence electrons. The SMILES string of the molecule is CC(=O)OC[C@H]1O[C@H](CCON)C=C[C@@H]1OC(C)=O. The van der Waals surface area contributed by atoms with Gasteiger partial charge in [0.25, 0.3) is 0 Å². The molecule has 0 aromatic rings. The van der Waals surface area contributed by atoms with E-state index in [9.17, 15) is 9.59 Å². The van der Waals surface area contributed by atoms with Gasteiger partial charge in [0.2, 0.25) is 0 Å². The van der Waals surface area contributed by atoms with Crippen molar-refractivity contribution in [1.82, 2.24) is 0 Å². The molecular formula is C12H19NO6. The molecule has 0 radical (unpaired) electrons. The van der Waals surface area contributed by atoms with Crippen molar-refractivity contribution in [3.05, 3.63) is 12.2 Å². The molecule has 1 rings (SSSR count). The Labute approximate surface area is 111 Å². The number of hydrogen-bond donors (Lipinski definition) is 1. The molecule has 0 unspecified atom stereocenters. The number of hydrogen-bond acceptors (Lipinski definition) is 7. The van der Waals surface area contributed by atoms with E-state index in [4.69, 9.17) is 20.1 Å². The highest BCUT2D eigenvalue weighted by Gasteiger charge is 2.30. The summed E-state index contributed by atoms with van der Waals surface area (Å²) >= 11 is 0. The second kappa shape index (κ2) is 7.88. The molecule has 0 aromatic carbocycles. The van der Waals surface area contributed by atoms with Gasteiger partial charge in [0.1, 0.15) is 18.8 Å². The number of esters is 2. The lowest BCUT2D eigenvalue weighted by molar-refractivity contribution is -0.164. The van der Waals surface area contributed by atoms with E-state index < -0.39 is 24.1 Å². The van der Waals surface area contributed by atoms with Crippen molar-refractivity contribution in [2.24, 2.45) is 5.90 Å². The summed E-state index contributed by atoms with van der Waals surface area (Å²) in [5, 5.41) is 0. The molecule has 0 aliphatic carbocycles. The summed E-state index contributed by atoms with van der Waals surface area (Å²) in [6.07, 6.45) is 2.76. The van der Waals surface area contributed by atoms with E-state index in [1.165, 1.54) is 13.8 Å². The maximum atomic E-state index is 11.0. The van der Waals surface area contributed by atoms with Crippen molar-refractivity contribution < 1.29 is 28.6 Å². The van der Waals surface area contributed by atoms with Crippen molar-refractivity contribution in [3.63, 3.8) is 0 Å². The minimum atomic E-state index is -0.563. The van der Waals surface area contributed by atoms with E-state index in [2.05, 4.69) is 4.84 Å². The molecule has 0 fully saturated rings. The molecule has 0 spiro atoms. The van der Waals surface area contributed by atoms with E-state index in [1.54, 1.807) is 12.2 Å². The number of ether oxygens (including phenoxy) is 3. The standard InChI is InChI=1S/C12H19NO6/c1-8(14)16-7-12-11(18-9(2)15)4-3-10(19-12)5-6-17-13/h3-4,10-12H,5-7,13H2,1-2H3/t10-,11-,12+/m0/s1. The van der Waals surface area contributed by atoms with Gasteiger partial charge in [-0.05, 0) is 6.08 Å². The maximum absolute atomic E-state index is 11.0. The number of carbonyl (C=O) groups is 2. The summed E-state index contributed by atoms with van der Waals surface area (Å²) < 4.78 is 15.7. The predicted octanol–water partition coefficient (Wildman–Crippen LogP) is 0.0852. The molecule has 0 saturated heterocycles. The Bertz CT molecular complexity index is 343. The molecule has 7 nitrogen and oxygen atoms in total. The van der Waals surface area contributed by atoms with Gasteiger partial charge in [-0.15, -0.1) is 0 Å². The van der Waals surface area contributed by atoms with Gasteiger partial charge < -0.3 is 19.0 Å². The van der Waals surface area contributed by atoms with E-state index in [0.29, 0.717) is 13.0 Å². The fourth-order valence-corrected chi connectivity index (χ4v) is 1.69. The first-order valence-corrected chi connectivity index (χ1v) is 5.99. The average Bonchev–Trinajstić information content (AvgIpc) is 2.35. The Hall–Kier alpha value is -1.44. The summed E-state index contributed by atoms with van der Waals surface area (Å²) in [6.45, 7) is 2.98. The van der Waals surface area contributed by atoms with Crippen LogP contribution in [0.1, 0.15) is 20.3 Å². The van der Waals surface area contributed by atoms with Gasteiger partial charge in [-0.25, -0.2) is 5.90 Å². The van der Waals surface area contributed by atoms with Crippen molar-refractivity contribution >= 4 is 11.9 Å². The van der Waals surface area contributed by atoms with Crippen molar-refractivity contribution in [2.75, 3.05) is 13.2 Å². The minimum absolute atomic E-state index is 0.0254. The van der Waals surface area contributed by atoms with Crippen LogP contribution >= 0.6 is 0 Å². The van der Waals surface area contributed by atoms with Crippen LogP contribution < -0.4 is 5.90 Å². The Balaban J connectivity index is 2.60. The molecule has 19 heavy (non-hydrogen) atoms. The number of nitrogens with two attached hydrogens (primary N) is 1. The van der Waals surface area contributed by atoms with Crippen molar-refractivity contribution in [2.45, 2.75) is 38.6 Å². The van der Waals surface area contributed by atoms with E-state index in [0.717, 1.165) is 0 Å². The largest absolute Gasteiger partial charge is 0.463 e. The van der Waals surface area contributed by atoms with Crippen molar-refractivity contribution in [1.29, 1.82) is 0 Å². The zero-order chi connectivity index (χ0) is 14.3.